The van der Waals surface area contributed by atoms with Gasteiger partial charge in [-0.15, -0.1) is 0 Å². The van der Waals surface area contributed by atoms with E-state index in [1.807, 2.05) is 36.4 Å². The van der Waals surface area contributed by atoms with Crippen LogP contribution in [0.25, 0.3) is 6.08 Å². The molecule has 30 heavy (non-hydrogen) atoms. The lowest BCUT2D eigenvalue weighted by molar-refractivity contribution is -0.127. The molecule has 1 N–H and O–H groups in total. The maximum atomic E-state index is 13.5. The number of ether oxygens (including phenoxy) is 1. The van der Waals surface area contributed by atoms with Gasteiger partial charge in [-0.1, -0.05) is 30.7 Å². The lowest BCUT2D eigenvalue weighted by Gasteiger charge is -2.48. The third kappa shape index (κ3) is 2.98. The Labute approximate surface area is 182 Å². The fraction of sp³-hybridized carbons (Fsp3) is 0.423. The Kier molecular flexibility index (Phi) is 4.70. The Morgan fingerprint density at radius 3 is 2.70 bits per heavy atom. The van der Waals surface area contributed by atoms with E-state index in [0.29, 0.717) is 34.3 Å². The Morgan fingerprint density at radius 1 is 1.20 bits per heavy atom. The molecule has 3 aliphatic carbocycles. The molecular weight excluding hydrogens is 396 g/mol. The largest absolute Gasteiger partial charge is 0.504 e. The van der Waals surface area contributed by atoms with Gasteiger partial charge in [0.25, 0.3) is 0 Å². The zero-order chi connectivity index (χ0) is 21.0. The Bertz CT molecular complexity index is 1040. The summed E-state index contributed by atoms with van der Waals surface area (Å²) in [5, 5.41) is 10.9. The highest BCUT2D eigenvalue weighted by atomic mass is 35.5. The van der Waals surface area contributed by atoms with Gasteiger partial charge in [-0.25, -0.2) is 0 Å². The fourth-order valence-corrected chi connectivity index (χ4v) is 6.44. The average molecular weight is 423 g/mol. The highest BCUT2D eigenvalue weighted by Gasteiger charge is 2.56. The summed E-state index contributed by atoms with van der Waals surface area (Å²) in [4.78, 5) is 13.5. The van der Waals surface area contributed by atoms with Crippen molar-refractivity contribution < 1.29 is 14.6 Å². The first-order valence-corrected chi connectivity index (χ1v) is 11.2. The van der Waals surface area contributed by atoms with Gasteiger partial charge < -0.3 is 9.84 Å². The molecule has 4 atom stereocenters. The first-order chi connectivity index (χ1) is 14.4. The molecule has 0 amide bonds. The number of methoxy groups -OCH3 is 1. The standard InChI is InChI=1S/C26H27ClO3/c1-26-10-9-19-20(8-5-16-13-23(28)24(30-2)14-21(16)19)22(26)12-17(25(26)29)11-15-3-6-18(27)7-4-15/h3-4,6-7,11,13-14,19-20,22,28H,5,8-10,12H2,1-2H3/b17-11+/t19-,20+,22-,26-/m0/s1. The van der Waals surface area contributed by atoms with Crippen molar-refractivity contribution in [3.8, 4) is 11.5 Å². The molecule has 0 spiro atoms. The van der Waals surface area contributed by atoms with E-state index in [1.54, 1.807) is 7.11 Å². The first kappa shape index (κ1) is 19.7. The molecule has 2 aromatic carbocycles. The number of carbonyl (C=O) groups excluding carboxylic acids is 1. The number of hydrogen-bond donors (Lipinski definition) is 1. The van der Waals surface area contributed by atoms with Gasteiger partial charge in [-0.2, -0.15) is 0 Å². The van der Waals surface area contributed by atoms with Crippen LogP contribution in [0.1, 0.15) is 55.2 Å². The zero-order valence-electron chi connectivity index (χ0n) is 17.5. The maximum Gasteiger partial charge on any atom is 0.165 e. The summed E-state index contributed by atoms with van der Waals surface area (Å²) < 4.78 is 5.38. The van der Waals surface area contributed by atoms with Crippen molar-refractivity contribution in [1.82, 2.24) is 0 Å². The zero-order valence-corrected chi connectivity index (χ0v) is 18.2. The Morgan fingerprint density at radius 2 is 1.97 bits per heavy atom. The monoisotopic (exact) mass is 422 g/mol. The van der Waals surface area contributed by atoms with Crippen LogP contribution in [0, 0.1) is 17.3 Å². The summed E-state index contributed by atoms with van der Waals surface area (Å²) in [5.41, 5.74) is 4.28. The van der Waals surface area contributed by atoms with Crippen molar-refractivity contribution in [3.05, 3.63) is 63.7 Å². The van der Waals surface area contributed by atoms with E-state index in [9.17, 15) is 9.90 Å². The van der Waals surface area contributed by atoms with Gasteiger partial charge in [0.15, 0.2) is 17.3 Å². The number of benzene rings is 2. The number of fused-ring (bicyclic) bond motifs is 5. The van der Waals surface area contributed by atoms with E-state index in [0.717, 1.165) is 43.2 Å². The highest BCUT2D eigenvalue weighted by molar-refractivity contribution is 6.30. The van der Waals surface area contributed by atoms with Crippen molar-refractivity contribution in [1.29, 1.82) is 0 Å². The van der Waals surface area contributed by atoms with E-state index in [2.05, 4.69) is 13.0 Å². The van der Waals surface area contributed by atoms with Gasteiger partial charge in [0, 0.05) is 10.4 Å². The van der Waals surface area contributed by atoms with Gasteiger partial charge >= 0.3 is 0 Å². The molecule has 2 aromatic rings. The lowest BCUT2D eigenvalue weighted by atomic mass is 9.55. The SMILES string of the molecule is COc1cc2c(cc1O)CC[C@@H]1[C@@H]2CC[C@]2(C)C(=O)/C(=C/c3ccc(Cl)cc3)C[C@@H]12. The predicted octanol–water partition coefficient (Wildman–Crippen LogP) is 6.17. The topological polar surface area (TPSA) is 46.5 Å². The number of rotatable bonds is 2. The molecule has 3 nitrogen and oxygen atoms in total. The van der Waals surface area contributed by atoms with Crippen LogP contribution in [-0.4, -0.2) is 18.0 Å². The number of Topliss-reactive ketones (excluding diaryl/α,β-unsaturated/α-hetero) is 1. The molecular formula is C26H27ClO3. The third-order valence-electron chi connectivity index (χ3n) is 7.87. The normalized spacial score (nSPS) is 31.2. The Balaban J connectivity index is 1.49. The van der Waals surface area contributed by atoms with Crippen LogP contribution in [0.5, 0.6) is 11.5 Å². The van der Waals surface area contributed by atoms with Crippen LogP contribution >= 0.6 is 11.6 Å². The number of phenolic OH excluding ortho intramolecular Hbond substituents is 1. The molecule has 156 valence electrons. The molecule has 5 rings (SSSR count). The number of hydrogen-bond acceptors (Lipinski definition) is 3. The molecule has 0 aliphatic heterocycles. The summed E-state index contributed by atoms with van der Waals surface area (Å²) in [7, 11) is 1.60. The summed E-state index contributed by atoms with van der Waals surface area (Å²) in [6, 6.07) is 11.6. The quantitative estimate of drug-likeness (QED) is 0.588. The van der Waals surface area contributed by atoms with E-state index >= 15 is 0 Å². The summed E-state index contributed by atoms with van der Waals surface area (Å²) in [5.74, 6) is 2.40. The molecule has 4 heteroatoms. The van der Waals surface area contributed by atoms with E-state index in [-0.39, 0.29) is 11.2 Å². The number of phenols is 1. The second-order valence-electron chi connectivity index (χ2n) is 9.35. The van der Waals surface area contributed by atoms with E-state index in [4.69, 9.17) is 16.3 Å². The van der Waals surface area contributed by atoms with E-state index < -0.39 is 0 Å². The second kappa shape index (κ2) is 7.16. The van der Waals surface area contributed by atoms with Crippen LogP contribution in [0.2, 0.25) is 5.02 Å². The molecule has 0 saturated heterocycles. The molecule has 3 aliphatic rings. The number of aryl methyl sites for hydroxylation is 1. The van der Waals surface area contributed by atoms with E-state index in [1.165, 1.54) is 11.1 Å². The minimum absolute atomic E-state index is 0.222. The summed E-state index contributed by atoms with van der Waals surface area (Å²) in [6.07, 6.45) is 6.87. The van der Waals surface area contributed by atoms with Crippen LogP contribution in [0.15, 0.2) is 42.0 Å². The van der Waals surface area contributed by atoms with Crippen molar-refractivity contribution in [2.75, 3.05) is 7.11 Å². The number of halogens is 1. The number of carbonyl (C=O) groups is 1. The molecule has 0 unspecified atom stereocenters. The maximum absolute atomic E-state index is 13.5. The minimum Gasteiger partial charge on any atom is -0.504 e. The van der Waals surface area contributed by atoms with Crippen molar-refractivity contribution in [3.63, 3.8) is 0 Å². The van der Waals surface area contributed by atoms with Crippen molar-refractivity contribution in [2.45, 2.75) is 44.9 Å². The van der Waals surface area contributed by atoms with Gasteiger partial charge in [-0.05, 0) is 102 Å². The molecule has 0 bridgehead atoms. The summed E-state index contributed by atoms with van der Waals surface area (Å²) >= 11 is 6.02. The molecule has 0 heterocycles. The number of aromatic hydroxyl groups is 1. The van der Waals surface area contributed by atoms with Gasteiger partial charge in [0.1, 0.15) is 0 Å². The van der Waals surface area contributed by atoms with Crippen LogP contribution in [0.4, 0.5) is 0 Å². The average Bonchev–Trinajstić information content (AvgIpc) is 2.99. The molecule has 0 aromatic heterocycles. The first-order valence-electron chi connectivity index (χ1n) is 10.8. The van der Waals surface area contributed by atoms with Crippen LogP contribution in [-0.2, 0) is 11.2 Å². The number of allylic oxidation sites excluding steroid dienone is 1. The van der Waals surface area contributed by atoms with Crippen molar-refractivity contribution in [2.24, 2.45) is 17.3 Å². The fourth-order valence-electron chi connectivity index (χ4n) is 6.31. The summed E-state index contributed by atoms with van der Waals surface area (Å²) in [6.45, 7) is 2.19. The third-order valence-corrected chi connectivity index (χ3v) is 8.13. The molecule has 2 fully saturated rings. The smallest absolute Gasteiger partial charge is 0.165 e. The molecule has 2 saturated carbocycles. The van der Waals surface area contributed by atoms with Gasteiger partial charge in [0.05, 0.1) is 7.11 Å². The van der Waals surface area contributed by atoms with Gasteiger partial charge in [0.2, 0.25) is 0 Å². The number of ketones is 1. The highest BCUT2D eigenvalue weighted by Crippen LogP contribution is 2.61. The molecule has 0 radical (unpaired) electrons. The van der Waals surface area contributed by atoms with Crippen molar-refractivity contribution >= 4 is 23.5 Å². The Hall–Kier alpha value is -2.26. The van der Waals surface area contributed by atoms with Gasteiger partial charge in [-0.3, -0.25) is 4.79 Å². The van der Waals surface area contributed by atoms with Crippen LogP contribution < -0.4 is 4.74 Å². The van der Waals surface area contributed by atoms with Crippen LogP contribution in [0.3, 0.4) is 0 Å². The second-order valence-corrected chi connectivity index (χ2v) is 9.79. The minimum atomic E-state index is -0.266. The predicted molar refractivity (Wildman–Crippen MR) is 119 cm³/mol. The lowest BCUT2D eigenvalue weighted by Crippen LogP contribution is -2.42.